The number of nitrogens with one attached hydrogen (secondary N) is 1. The Morgan fingerprint density at radius 3 is 2.25 bits per heavy atom. The minimum absolute atomic E-state index is 0. The Morgan fingerprint density at radius 2 is 2.12 bits per heavy atom. The van der Waals surface area contributed by atoms with E-state index in [0.29, 0.717) is 5.54 Å². The van der Waals surface area contributed by atoms with Crippen LogP contribution in [0.1, 0.15) is 20.3 Å². The third-order valence-corrected chi connectivity index (χ3v) is 1.22. The van der Waals surface area contributed by atoms with Crippen LogP contribution in [0.2, 0.25) is 0 Å². The van der Waals surface area contributed by atoms with Gasteiger partial charge in [-0.2, -0.15) is 0 Å². The Bertz CT molecular complexity index is 84.7. The minimum Gasteiger partial charge on any atom is -0.386 e. The molecule has 4 N–H and O–H groups in total. The SMILES string of the molecule is CC1(C)CC=CN1.N. The standard InChI is InChI=1S/C6H11N.H3N/c1-6(2)4-3-5-7-6;/h3,5,7H,4H2,1-2H3;1H3. The van der Waals surface area contributed by atoms with Crippen LogP contribution in [-0.4, -0.2) is 5.54 Å². The van der Waals surface area contributed by atoms with Crippen LogP contribution < -0.4 is 11.5 Å². The van der Waals surface area contributed by atoms with Gasteiger partial charge >= 0.3 is 0 Å². The van der Waals surface area contributed by atoms with Crippen molar-refractivity contribution in [1.82, 2.24) is 11.5 Å². The summed E-state index contributed by atoms with van der Waals surface area (Å²) in [4.78, 5) is 0. The Kier molecular flexibility index (Phi) is 2.04. The Morgan fingerprint density at radius 1 is 1.50 bits per heavy atom. The van der Waals surface area contributed by atoms with Crippen molar-refractivity contribution in [2.75, 3.05) is 0 Å². The first-order chi connectivity index (χ1) is 3.21. The quantitative estimate of drug-likeness (QED) is 0.500. The van der Waals surface area contributed by atoms with E-state index in [0.717, 1.165) is 6.42 Å². The molecule has 0 atom stereocenters. The topological polar surface area (TPSA) is 47.0 Å². The number of hydrogen-bond donors (Lipinski definition) is 2. The molecule has 48 valence electrons. The maximum Gasteiger partial charge on any atom is 0.0346 e. The van der Waals surface area contributed by atoms with Gasteiger partial charge in [-0.05, 0) is 26.5 Å². The molecule has 0 radical (unpaired) electrons. The molecule has 0 aliphatic carbocycles. The molecular formula is C6H14N2. The van der Waals surface area contributed by atoms with Gasteiger partial charge in [0.15, 0.2) is 0 Å². The molecular weight excluding hydrogens is 100 g/mol. The predicted molar refractivity (Wildman–Crippen MR) is 36.0 cm³/mol. The van der Waals surface area contributed by atoms with Gasteiger partial charge in [-0.15, -0.1) is 0 Å². The summed E-state index contributed by atoms with van der Waals surface area (Å²) in [5.74, 6) is 0. The van der Waals surface area contributed by atoms with Crippen LogP contribution in [0.4, 0.5) is 0 Å². The molecule has 1 aliphatic heterocycles. The molecule has 0 aromatic rings. The number of rotatable bonds is 0. The highest BCUT2D eigenvalue weighted by atomic mass is 14.9. The van der Waals surface area contributed by atoms with Gasteiger partial charge in [-0.3, -0.25) is 0 Å². The van der Waals surface area contributed by atoms with Crippen LogP contribution in [0.5, 0.6) is 0 Å². The zero-order valence-corrected chi connectivity index (χ0v) is 5.57. The molecule has 0 bridgehead atoms. The van der Waals surface area contributed by atoms with Crippen molar-refractivity contribution in [3.05, 3.63) is 12.3 Å². The molecule has 8 heavy (non-hydrogen) atoms. The summed E-state index contributed by atoms with van der Waals surface area (Å²) in [6.07, 6.45) is 5.33. The maximum atomic E-state index is 3.22. The van der Waals surface area contributed by atoms with Crippen LogP contribution in [0, 0.1) is 0 Å². The third-order valence-electron chi connectivity index (χ3n) is 1.22. The normalized spacial score (nSPS) is 21.8. The highest BCUT2D eigenvalue weighted by molar-refractivity contribution is 5.00. The minimum atomic E-state index is 0. The average Bonchev–Trinajstić information content (AvgIpc) is 1.84. The van der Waals surface area contributed by atoms with Crippen molar-refractivity contribution in [3.63, 3.8) is 0 Å². The fourth-order valence-corrected chi connectivity index (χ4v) is 0.697. The highest BCUT2D eigenvalue weighted by Crippen LogP contribution is 2.12. The molecule has 1 aliphatic rings. The summed E-state index contributed by atoms with van der Waals surface area (Å²) >= 11 is 0. The Hall–Kier alpha value is -0.500. The first-order valence-corrected chi connectivity index (χ1v) is 2.63. The van der Waals surface area contributed by atoms with E-state index < -0.39 is 0 Å². The van der Waals surface area contributed by atoms with E-state index >= 15 is 0 Å². The molecule has 0 unspecified atom stereocenters. The van der Waals surface area contributed by atoms with Gasteiger partial charge in [0.1, 0.15) is 0 Å². The van der Waals surface area contributed by atoms with E-state index in [1.807, 2.05) is 6.20 Å². The van der Waals surface area contributed by atoms with Crippen LogP contribution in [-0.2, 0) is 0 Å². The largest absolute Gasteiger partial charge is 0.386 e. The van der Waals surface area contributed by atoms with Crippen LogP contribution in [0.3, 0.4) is 0 Å². The van der Waals surface area contributed by atoms with Crippen molar-refractivity contribution in [2.45, 2.75) is 25.8 Å². The molecule has 0 saturated carbocycles. The van der Waals surface area contributed by atoms with Gasteiger partial charge in [0.05, 0.1) is 0 Å². The van der Waals surface area contributed by atoms with Gasteiger partial charge in [0.25, 0.3) is 0 Å². The van der Waals surface area contributed by atoms with Crippen LogP contribution in [0.25, 0.3) is 0 Å². The van der Waals surface area contributed by atoms with E-state index in [-0.39, 0.29) is 6.15 Å². The van der Waals surface area contributed by atoms with E-state index in [1.54, 1.807) is 0 Å². The second-order valence-electron chi connectivity index (χ2n) is 2.63. The van der Waals surface area contributed by atoms with Crippen LogP contribution >= 0.6 is 0 Å². The first kappa shape index (κ1) is 7.50. The van der Waals surface area contributed by atoms with Gasteiger partial charge in [-0.1, -0.05) is 6.08 Å². The molecule has 2 nitrogen and oxygen atoms in total. The third kappa shape index (κ3) is 1.54. The summed E-state index contributed by atoms with van der Waals surface area (Å²) in [5.41, 5.74) is 0.333. The smallest absolute Gasteiger partial charge is 0.0346 e. The van der Waals surface area contributed by atoms with Crippen molar-refractivity contribution in [3.8, 4) is 0 Å². The van der Waals surface area contributed by atoms with E-state index in [2.05, 4.69) is 25.2 Å². The maximum absolute atomic E-state index is 3.22. The molecule has 0 aromatic carbocycles. The molecule has 0 spiro atoms. The zero-order valence-electron chi connectivity index (χ0n) is 5.57. The summed E-state index contributed by atoms with van der Waals surface area (Å²) in [7, 11) is 0. The molecule has 0 saturated heterocycles. The molecule has 0 amide bonds. The molecule has 0 fully saturated rings. The fraction of sp³-hybridized carbons (Fsp3) is 0.667. The van der Waals surface area contributed by atoms with Gasteiger partial charge < -0.3 is 11.5 Å². The van der Waals surface area contributed by atoms with Crippen molar-refractivity contribution >= 4 is 0 Å². The van der Waals surface area contributed by atoms with E-state index in [9.17, 15) is 0 Å². The lowest BCUT2D eigenvalue weighted by molar-refractivity contribution is 0.477. The predicted octanol–water partition coefficient (Wildman–Crippen LogP) is 1.43. The lowest BCUT2D eigenvalue weighted by Gasteiger charge is -2.16. The van der Waals surface area contributed by atoms with Crippen molar-refractivity contribution in [2.24, 2.45) is 0 Å². The number of hydrogen-bond acceptors (Lipinski definition) is 2. The summed E-state index contributed by atoms with van der Waals surface area (Å²) < 4.78 is 0. The summed E-state index contributed by atoms with van der Waals surface area (Å²) in [6.45, 7) is 4.38. The van der Waals surface area contributed by atoms with Crippen LogP contribution in [0.15, 0.2) is 12.3 Å². The van der Waals surface area contributed by atoms with Crippen molar-refractivity contribution < 1.29 is 0 Å². The van der Waals surface area contributed by atoms with Crippen molar-refractivity contribution in [1.29, 1.82) is 0 Å². The average molecular weight is 114 g/mol. The van der Waals surface area contributed by atoms with Gasteiger partial charge in [0, 0.05) is 5.54 Å². The first-order valence-electron chi connectivity index (χ1n) is 2.63. The summed E-state index contributed by atoms with van der Waals surface area (Å²) in [6, 6.07) is 0. The lowest BCUT2D eigenvalue weighted by atomic mass is 10.1. The highest BCUT2D eigenvalue weighted by Gasteiger charge is 2.15. The monoisotopic (exact) mass is 114 g/mol. The fourth-order valence-electron chi connectivity index (χ4n) is 0.697. The molecule has 1 heterocycles. The zero-order chi connectivity index (χ0) is 5.33. The Labute approximate surface area is 50.6 Å². The lowest BCUT2D eigenvalue weighted by Crippen LogP contribution is -2.30. The molecule has 0 aromatic heterocycles. The van der Waals surface area contributed by atoms with E-state index in [1.165, 1.54) is 0 Å². The second-order valence-corrected chi connectivity index (χ2v) is 2.63. The Balaban J connectivity index is 0.000000490. The second kappa shape index (κ2) is 2.18. The molecule has 2 heteroatoms. The summed E-state index contributed by atoms with van der Waals surface area (Å²) in [5, 5.41) is 3.22. The molecule has 1 rings (SSSR count). The van der Waals surface area contributed by atoms with E-state index in [4.69, 9.17) is 0 Å². The van der Waals surface area contributed by atoms with Gasteiger partial charge in [0.2, 0.25) is 0 Å². The van der Waals surface area contributed by atoms with Gasteiger partial charge in [-0.25, -0.2) is 0 Å².